The second-order valence-electron chi connectivity index (χ2n) is 6.43. The molecule has 0 radical (unpaired) electrons. The number of hydrogen-bond acceptors (Lipinski definition) is 2. The van der Waals surface area contributed by atoms with E-state index in [2.05, 4.69) is 72.0 Å². The Morgan fingerprint density at radius 3 is 2.62 bits per heavy atom. The normalized spacial score (nSPS) is 10.8. The van der Waals surface area contributed by atoms with Crippen molar-refractivity contribution in [1.82, 2.24) is 9.97 Å². The molecule has 0 bridgehead atoms. The van der Waals surface area contributed by atoms with Gasteiger partial charge in [-0.15, -0.1) is 0 Å². The van der Waals surface area contributed by atoms with Gasteiger partial charge < -0.3 is 0 Å². The van der Waals surface area contributed by atoms with Crippen molar-refractivity contribution in [2.24, 2.45) is 0 Å². The van der Waals surface area contributed by atoms with Crippen LogP contribution in [0, 0.1) is 6.92 Å². The predicted molar refractivity (Wildman–Crippen MR) is 109 cm³/mol. The van der Waals surface area contributed by atoms with E-state index in [0.717, 1.165) is 28.6 Å². The molecule has 0 unspecified atom stereocenters. The minimum absolute atomic E-state index is 0.768. The summed E-state index contributed by atoms with van der Waals surface area (Å²) in [5, 5.41) is 1.10. The molecule has 0 atom stereocenters. The molecule has 0 aliphatic rings. The summed E-state index contributed by atoms with van der Waals surface area (Å²) >= 11 is 0. The van der Waals surface area contributed by atoms with E-state index in [1.54, 1.807) is 0 Å². The molecule has 4 rings (SSSR count). The van der Waals surface area contributed by atoms with Gasteiger partial charge in [0.2, 0.25) is 0 Å². The Bertz CT molecular complexity index is 1080. The van der Waals surface area contributed by atoms with Crippen molar-refractivity contribution in [2.45, 2.75) is 13.3 Å². The first-order valence-corrected chi connectivity index (χ1v) is 8.76. The van der Waals surface area contributed by atoms with Gasteiger partial charge in [0, 0.05) is 24.2 Å². The molecule has 2 heterocycles. The maximum absolute atomic E-state index is 4.62. The molecular formula is C24H20N2. The zero-order valence-corrected chi connectivity index (χ0v) is 14.8. The van der Waals surface area contributed by atoms with Crippen LogP contribution >= 0.6 is 0 Å². The lowest BCUT2D eigenvalue weighted by Gasteiger charge is -2.12. The van der Waals surface area contributed by atoms with Gasteiger partial charge >= 0.3 is 0 Å². The van der Waals surface area contributed by atoms with E-state index in [4.69, 9.17) is 0 Å². The summed E-state index contributed by atoms with van der Waals surface area (Å²) < 4.78 is 0. The number of rotatable bonds is 4. The van der Waals surface area contributed by atoms with E-state index in [1.165, 1.54) is 22.3 Å². The van der Waals surface area contributed by atoms with Gasteiger partial charge in [0.1, 0.15) is 0 Å². The standard InChI is InChI=1S/C24H20N2/c1-3-18-14-21-12-13-25-23(24(21)26-16-18)15-20-10-7-11-22(17(20)2)19-8-5-4-6-9-19/h3-14,16H,1,15H2,2H3. The molecule has 2 heteroatoms. The molecule has 2 nitrogen and oxygen atoms in total. The van der Waals surface area contributed by atoms with E-state index < -0.39 is 0 Å². The highest BCUT2D eigenvalue weighted by Gasteiger charge is 2.10. The summed E-state index contributed by atoms with van der Waals surface area (Å²) in [5.41, 5.74) is 8.07. The van der Waals surface area contributed by atoms with Gasteiger partial charge in [-0.05, 0) is 46.9 Å². The Morgan fingerprint density at radius 2 is 1.81 bits per heavy atom. The lowest BCUT2D eigenvalue weighted by molar-refractivity contribution is 1.07. The van der Waals surface area contributed by atoms with Crippen LogP contribution in [-0.4, -0.2) is 9.97 Å². The Hall–Kier alpha value is -3.26. The smallest absolute Gasteiger partial charge is 0.0921 e. The molecule has 0 aliphatic carbocycles. The van der Waals surface area contributed by atoms with Crippen molar-refractivity contribution < 1.29 is 0 Å². The fourth-order valence-electron chi connectivity index (χ4n) is 3.36. The van der Waals surface area contributed by atoms with Crippen LogP contribution in [0.2, 0.25) is 0 Å². The van der Waals surface area contributed by atoms with Crippen molar-refractivity contribution in [2.75, 3.05) is 0 Å². The highest BCUT2D eigenvalue weighted by Crippen LogP contribution is 2.27. The summed E-state index contributed by atoms with van der Waals surface area (Å²) in [6.45, 7) is 6.01. The lowest BCUT2D eigenvalue weighted by Crippen LogP contribution is -1.99. The first-order chi connectivity index (χ1) is 12.8. The Balaban J connectivity index is 1.77. The summed E-state index contributed by atoms with van der Waals surface area (Å²) in [6.07, 6.45) is 6.31. The van der Waals surface area contributed by atoms with Gasteiger partial charge in [-0.25, -0.2) is 0 Å². The molecule has 0 amide bonds. The molecule has 26 heavy (non-hydrogen) atoms. The van der Waals surface area contributed by atoms with Crippen molar-refractivity contribution >= 4 is 17.0 Å². The number of benzene rings is 2. The van der Waals surface area contributed by atoms with Gasteiger partial charge in [0.25, 0.3) is 0 Å². The van der Waals surface area contributed by atoms with Crippen molar-refractivity contribution in [3.8, 4) is 11.1 Å². The zero-order chi connectivity index (χ0) is 17.9. The van der Waals surface area contributed by atoms with E-state index >= 15 is 0 Å². The second kappa shape index (κ2) is 6.93. The molecule has 0 spiro atoms. The van der Waals surface area contributed by atoms with Crippen molar-refractivity contribution in [1.29, 1.82) is 0 Å². The average molecular weight is 336 g/mol. The molecule has 0 saturated heterocycles. The third-order valence-corrected chi connectivity index (χ3v) is 4.82. The van der Waals surface area contributed by atoms with Crippen molar-refractivity contribution in [3.05, 3.63) is 102 Å². The fraction of sp³-hybridized carbons (Fsp3) is 0.0833. The molecule has 0 aliphatic heterocycles. The fourth-order valence-corrected chi connectivity index (χ4v) is 3.36. The van der Waals surface area contributed by atoms with Crippen LogP contribution in [0.15, 0.2) is 79.6 Å². The van der Waals surface area contributed by atoms with E-state index in [0.29, 0.717) is 0 Å². The monoisotopic (exact) mass is 336 g/mol. The summed E-state index contributed by atoms with van der Waals surface area (Å²) in [6, 6.07) is 21.1. The zero-order valence-electron chi connectivity index (χ0n) is 14.8. The maximum atomic E-state index is 4.62. The van der Waals surface area contributed by atoms with Crippen LogP contribution < -0.4 is 0 Å². The van der Waals surface area contributed by atoms with Gasteiger partial charge in [-0.3, -0.25) is 9.97 Å². The molecule has 2 aromatic carbocycles. The Kier molecular flexibility index (Phi) is 4.32. The third kappa shape index (κ3) is 3.02. The number of nitrogens with zero attached hydrogens (tertiary/aromatic N) is 2. The van der Waals surface area contributed by atoms with Crippen LogP contribution in [0.5, 0.6) is 0 Å². The van der Waals surface area contributed by atoms with Crippen molar-refractivity contribution in [3.63, 3.8) is 0 Å². The van der Waals surface area contributed by atoms with Crippen LogP contribution in [0.4, 0.5) is 0 Å². The third-order valence-electron chi connectivity index (χ3n) is 4.82. The number of fused-ring (bicyclic) bond motifs is 1. The van der Waals surface area contributed by atoms with Crippen LogP contribution in [0.25, 0.3) is 28.1 Å². The van der Waals surface area contributed by atoms with E-state index in [1.807, 2.05) is 30.6 Å². The minimum Gasteiger partial charge on any atom is -0.259 e. The summed E-state index contributed by atoms with van der Waals surface area (Å²) in [7, 11) is 0. The highest BCUT2D eigenvalue weighted by molar-refractivity contribution is 5.82. The molecule has 0 N–H and O–H groups in total. The molecule has 0 fully saturated rings. The highest BCUT2D eigenvalue weighted by atomic mass is 14.7. The van der Waals surface area contributed by atoms with E-state index in [9.17, 15) is 0 Å². The lowest BCUT2D eigenvalue weighted by atomic mass is 9.94. The van der Waals surface area contributed by atoms with Crippen LogP contribution in [-0.2, 0) is 6.42 Å². The predicted octanol–water partition coefficient (Wildman–Crippen LogP) is 5.84. The Morgan fingerprint density at radius 1 is 0.962 bits per heavy atom. The minimum atomic E-state index is 0.768. The van der Waals surface area contributed by atoms with Crippen LogP contribution in [0.1, 0.15) is 22.4 Å². The first kappa shape index (κ1) is 16.2. The maximum Gasteiger partial charge on any atom is 0.0921 e. The summed E-state index contributed by atoms with van der Waals surface area (Å²) in [4.78, 5) is 9.24. The Labute approximate surface area is 153 Å². The molecule has 4 aromatic rings. The van der Waals surface area contributed by atoms with Gasteiger partial charge in [0.15, 0.2) is 0 Å². The van der Waals surface area contributed by atoms with Crippen LogP contribution in [0.3, 0.4) is 0 Å². The molecule has 126 valence electrons. The largest absolute Gasteiger partial charge is 0.259 e. The molecular weight excluding hydrogens is 316 g/mol. The topological polar surface area (TPSA) is 25.8 Å². The average Bonchev–Trinajstić information content (AvgIpc) is 2.70. The summed E-state index contributed by atoms with van der Waals surface area (Å²) in [5.74, 6) is 0. The van der Waals surface area contributed by atoms with Gasteiger partial charge in [-0.1, -0.05) is 61.2 Å². The van der Waals surface area contributed by atoms with E-state index in [-0.39, 0.29) is 0 Å². The molecule has 2 aromatic heterocycles. The van der Waals surface area contributed by atoms with Gasteiger partial charge in [-0.2, -0.15) is 0 Å². The van der Waals surface area contributed by atoms with Gasteiger partial charge in [0.05, 0.1) is 11.2 Å². The SMILES string of the molecule is C=Cc1cnc2c(Cc3cccc(-c4ccccc4)c3C)nccc2c1. The number of pyridine rings is 2. The number of hydrogen-bond donors (Lipinski definition) is 0. The second-order valence-corrected chi connectivity index (χ2v) is 6.43. The first-order valence-electron chi connectivity index (χ1n) is 8.76. The number of aromatic nitrogens is 2. The quantitative estimate of drug-likeness (QED) is 0.468. The molecule has 0 saturated carbocycles.